The molecule has 1 atom stereocenters. The van der Waals surface area contributed by atoms with E-state index in [9.17, 15) is 4.79 Å². The van der Waals surface area contributed by atoms with Crippen molar-refractivity contribution in [3.8, 4) is 0 Å². The Morgan fingerprint density at radius 2 is 2.30 bits per heavy atom. The third-order valence-corrected chi connectivity index (χ3v) is 4.11. The van der Waals surface area contributed by atoms with Gasteiger partial charge in [0.1, 0.15) is 11.9 Å². The van der Waals surface area contributed by atoms with Crippen LogP contribution in [-0.4, -0.2) is 50.4 Å². The number of hydrogen-bond acceptors (Lipinski definition) is 6. The number of hydrogen-bond donors (Lipinski definition) is 2. The van der Waals surface area contributed by atoms with E-state index in [2.05, 4.69) is 24.8 Å². The lowest BCUT2D eigenvalue weighted by Crippen LogP contribution is -2.41. The van der Waals surface area contributed by atoms with Crippen molar-refractivity contribution in [2.45, 2.75) is 18.9 Å². The maximum absolute atomic E-state index is 10.8. The molecule has 0 bridgehead atoms. The fourth-order valence-corrected chi connectivity index (χ4v) is 3.15. The van der Waals surface area contributed by atoms with E-state index in [0.717, 1.165) is 41.5 Å². The third-order valence-electron chi connectivity index (χ3n) is 4.11. The van der Waals surface area contributed by atoms with Crippen LogP contribution in [0.15, 0.2) is 24.8 Å². The number of anilines is 1. The highest BCUT2D eigenvalue weighted by molar-refractivity contribution is 6.08. The number of aromatic nitrogens is 4. The van der Waals surface area contributed by atoms with Gasteiger partial charge in [0.2, 0.25) is 0 Å². The molecule has 4 rings (SSSR count). The number of carboxylic acid groups (broad SMARTS) is 1. The summed E-state index contributed by atoms with van der Waals surface area (Å²) in [5.74, 6) is 0.804. The van der Waals surface area contributed by atoms with Crippen LogP contribution in [0.2, 0.25) is 0 Å². The predicted molar refractivity (Wildman–Crippen MR) is 83.5 cm³/mol. The molecule has 4 heterocycles. The van der Waals surface area contributed by atoms with Gasteiger partial charge in [0.15, 0.2) is 5.65 Å². The quantitative estimate of drug-likeness (QED) is 0.699. The summed E-state index contributed by atoms with van der Waals surface area (Å²) in [6.07, 6.45) is 5.11. The monoisotopic (exact) mass is 313 g/mol. The van der Waals surface area contributed by atoms with Crippen LogP contribution in [0, 0.1) is 0 Å². The van der Waals surface area contributed by atoms with Crippen molar-refractivity contribution in [2.24, 2.45) is 0 Å². The smallest absolute Gasteiger partial charge is 0.450 e. The molecule has 0 saturated carbocycles. The van der Waals surface area contributed by atoms with Gasteiger partial charge in [-0.3, -0.25) is 0 Å². The molecule has 0 aromatic carbocycles. The lowest BCUT2D eigenvalue weighted by atomic mass is 10.1. The van der Waals surface area contributed by atoms with Gasteiger partial charge < -0.3 is 19.7 Å². The highest BCUT2D eigenvalue weighted by Crippen LogP contribution is 2.31. The van der Waals surface area contributed by atoms with Crippen molar-refractivity contribution in [1.82, 2.24) is 19.9 Å². The molecule has 23 heavy (non-hydrogen) atoms. The molecule has 0 amide bonds. The van der Waals surface area contributed by atoms with Crippen LogP contribution < -0.4 is 4.90 Å². The number of rotatable bonds is 2. The summed E-state index contributed by atoms with van der Waals surface area (Å²) in [5, 5.41) is 10.7. The van der Waals surface area contributed by atoms with Gasteiger partial charge in [-0.25, -0.2) is 19.7 Å². The van der Waals surface area contributed by atoms with Crippen molar-refractivity contribution in [1.29, 1.82) is 0 Å². The van der Waals surface area contributed by atoms with E-state index < -0.39 is 6.16 Å². The first-order chi connectivity index (χ1) is 11.2. The third kappa shape index (κ3) is 2.41. The van der Waals surface area contributed by atoms with E-state index in [1.807, 2.05) is 6.07 Å². The first-order valence-corrected chi connectivity index (χ1v) is 7.43. The van der Waals surface area contributed by atoms with Gasteiger partial charge in [-0.1, -0.05) is 0 Å². The number of piperidine rings is 1. The minimum Gasteiger partial charge on any atom is -0.450 e. The Bertz CT molecular complexity index is 878. The maximum Gasteiger partial charge on any atom is 0.506 e. The molecule has 1 fully saturated rings. The normalized spacial score (nSPS) is 18.4. The molecule has 0 aliphatic carbocycles. The second kappa shape index (κ2) is 5.38. The predicted octanol–water partition coefficient (Wildman–Crippen LogP) is 2.17. The second-order valence-corrected chi connectivity index (χ2v) is 5.55. The second-order valence-electron chi connectivity index (χ2n) is 5.55. The Morgan fingerprint density at radius 1 is 1.39 bits per heavy atom. The molecular formula is C15H15N5O3. The number of pyridine rings is 1. The Hall–Kier alpha value is -2.90. The van der Waals surface area contributed by atoms with Gasteiger partial charge in [0, 0.05) is 18.1 Å². The lowest BCUT2D eigenvalue weighted by molar-refractivity contribution is 0.0457. The van der Waals surface area contributed by atoms with Gasteiger partial charge in [0.05, 0.1) is 30.0 Å². The largest absolute Gasteiger partial charge is 0.506 e. The van der Waals surface area contributed by atoms with Crippen molar-refractivity contribution < 1.29 is 14.6 Å². The fraction of sp³-hybridized carbons (Fsp3) is 0.333. The lowest BCUT2D eigenvalue weighted by Gasteiger charge is -2.33. The molecule has 0 spiro atoms. The first kappa shape index (κ1) is 13.7. The van der Waals surface area contributed by atoms with E-state index >= 15 is 0 Å². The zero-order chi connectivity index (χ0) is 15.8. The molecule has 0 radical (unpaired) electrons. The minimum atomic E-state index is -1.23. The Kier molecular flexibility index (Phi) is 3.22. The molecule has 1 aliphatic rings. The summed E-state index contributed by atoms with van der Waals surface area (Å²) in [7, 11) is 0. The molecular weight excluding hydrogens is 298 g/mol. The van der Waals surface area contributed by atoms with Gasteiger partial charge in [-0.15, -0.1) is 0 Å². The van der Waals surface area contributed by atoms with E-state index in [1.54, 1.807) is 18.7 Å². The zero-order valence-electron chi connectivity index (χ0n) is 12.3. The molecule has 3 aromatic rings. The Labute approximate surface area is 131 Å². The summed E-state index contributed by atoms with van der Waals surface area (Å²) >= 11 is 0. The van der Waals surface area contributed by atoms with Crippen molar-refractivity contribution >= 4 is 33.9 Å². The summed E-state index contributed by atoms with van der Waals surface area (Å²) in [6.45, 7) is 1.31. The summed E-state index contributed by atoms with van der Waals surface area (Å²) in [6, 6.07) is 1.92. The molecule has 118 valence electrons. The summed E-state index contributed by atoms with van der Waals surface area (Å²) in [4.78, 5) is 29.0. The zero-order valence-corrected chi connectivity index (χ0v) is 12.3. The Morgan fingerprint density at radius 3 is 3.17 bits per heavy atom. The van der Waals surface area contributed by atoms with Gasteiger partial charge in [-0.2, -0.15) is 0 Å². The minimum absolute atomic E-state index is 0.336. The van der Waals surface area contributed by atoms with Crippen LogP contribution >= 0.6 is 0 Å². The number of ether oxygens (including phenoxy) is 1. The van der Waals surface area contributed by atoms with Gasteiger partial charge in [0.25, 0.3) is 0 Å². The van der Waals surface area contributed by atoms with E-state index in [-0.39, 0.29) is 6.10 Å². The number of H-pyrrole nitrogens is 1. The highest BCUT2D eigenvalue weighted by atomic mass is 16.7. The van der Waals surface area contributed by atoms with Crippen molar-refractivity contribution in [2.75, 3.05) is 18.0 Å². The fourth-order valence-electron chi connectivity index (χ4n) is 3.15. The maximum atomic E-state index is 10.8. The summed E-state index contributed by atoms with van der Waals surface area (Å²) < 4.78 is 4.94. The first-order valence-electron chi connectivity index (χ1n) is 7.43. The van der Waals surface area contributed by atoms with Gasteiger partial charge in [-0.05, 0) is 18.9 Å². The number of carbonyl (C=O) groups is 1. The topological polar surface area (TPSA) is 104 Å². The highest BCUT2D eigenvalue weighted by Gasteiger charge is 2.25. The molecule has 1 saturated heterocycles. The number of nitrogens with one attached hydrogen (secondary N) is 1. The van der Waals surface area contributed by atoms with Gasteiger partial charge >= 0.3 is 6.16 Å². The van der Waals surface area contributed by atoms with Crippen LogP contribution in [0.25, 0.3) is 21.9 Å². The average Bonchev–Trinajstić information content (AvgIpc) is 3.02. The SMILES string of the molecule is O=C(O)OC1CCCN(c2nc[nH]c3cnc4nccc4c23)C1. The van der Waals surface area contributed by atoms with Crippen molar-refractivity contribution in [3.05, 3.63) is 24.8 Å². The Balaban J connectivity index is 1.78. The molecule has 8 heteroatoms. The molecule has 1 aliphatic heterocycles. The van der Waals surface area contributed by atoms with Crippen LogP contribution in [0.3, 0.4) is 0 Å². The molecule has 8 nitrogen and oxygen atoms in total. The molecule has 1 unspecified atom stereocenters. The van der Waals surface area contributed by atoms with Crippen molar-refractivity contribution in [3.63, 3.8) is 0 Å². The van der Waals surface area contributed by atoms with E-state index in [0.29, 0.717) is 12.2 Å². The van der Waals surface area contributed by atoms with Crippen LogP contribution in [0.1, 0.15) is 12.8 Å². The van der Waals surface area contributed by atoms with E-state index in [4.69, 9.17) is 9.84 Å². The molecule has 2 N–H and O–H groups in total. The average molecular weight is 313 g/mol. The van der Waals surface area contributed by atoms with Crippen LogP contribution in [0.4, 0.5) is 10.6 Å². The summed E-state index contributed by atoms with van der Waals surface area (Å²) in [5.41, 5.74) is 1.55. The van der Waals surface area contributed by atoms with Crippen LogP contribution in [-0.2, 0) is 4.74 Å². The standard InChI is InChI=1S/C15H15N5O3/c21-15(22)23-9-2-1-5-20(7-9)14-12-10-3-4-16-13(10)17-6-11(12)18-8-19-14/h3-4,6,8-9H,1-2,5,7H2,(H,18,19)(H,21,22). The number of fused-ring (bicyclic) bond motifs is 3. The number of nitrogens with zero attached hydrogens (tertiary/aromatic N) is 4. The molecule has 3 aromatic heterocycles. The number of aromatic amines is 1. The van der Waals surface area contributed by atoms with E-state index in [1.165, 1.54) is 0 Å². The van der Waals surface area contributed by atoms with Crippen LogP contribution in [0.5, 0.6) is 0 Å².